The molecule has 2 rings (SSSR count). The van der Waals surface area contributed by atoms with Crippen molar-refractivity contribution in [3.05, 3.63) is 56.0 Å². The summed E-state index contributed by atoms with van der Waals surface area (Å²) in [4.78, 5) is 20.0. The lowest BCUT2D eigenvalue weighted by molar-refractivity contribution is -0.402. The zero-order chi connectivity index (χ0) is 25.8. The van der Waals surface area contributed by atoms with Crippen molar-refractivity contribution in [3.8, 4) is 0 Å². The van der Waals surface area contributed by atoms with Gasteiger partial charge in [0, 0.05) is 37.9 Å². The Balaban J connectivity index is 1.89. The van der Waals surface area contributed by atoms with Crippen LogP contribution in [0, 0.1) is 20.2 Å². The van der Waals surface area contributed by atoms with E-state index in [-0.39, 0.29) is 62.7 Å². The largest absolute Gasteiger partial charge is 0.433 e. The minimum atomic E-state index is -3.74. The molecule has 2 atom stereocenters. The van der Waals surface area contributed by atoms with E-state index in [4.69, 9.17) is 41.1 Å². The Morgan fingerprint density at radius 3 is 2.00 bits per heavy atom. The number of hydrogen-bond acceptors (Lipinski definition) is 10. The molecule has 0 aromatic carbocycles. The second-order valence-corrected chi connectivity index (χ2v) is 10.7. The van der Waals surface area contributed by atoms with Crippen molar-refractivity contribution in [1.29, 1.82) is 0 Å². The Kier molecular flexibility index (Phi) is 12.3. The van der Waals surface area contributed by atoms with E-state index in [0.29, 0.717) is 0 Å². The van der Waals surface area contributed by atoms with Gasteiger partial charge in [-0.25, -0.2) is 14.8 Å². The van der Waals surface area contributed by atoms with Crippen LogP contribution >= 0.6 is 39.1 Å². The van der Waals surface area contributed by atoms with Gasteiger partial charge in [-0.05, 0) is 12.1 Å². The number of nitrogens with one attached hydrogen (secondary N) is 2. The highest BCUT2D eigenvalue weighted by atomic mass is 35.5. The molecule has 0 saturated carbocycles. The smallest absolute Gasteiger partial charge is 0.403 e. The SMILES string of the molecule is O=[N+]([O-])c1ccc(CO[PH](=O)NCCNP(=O)(OCc2ccc([N+](=O)[O-])o2)N(CCCl)CCCl)o1. The van der Waals surface area contributed by atoms with Gasteiger partial charge in [0.2, 0.25) is 0 Å². The second kappa shape index (κ2) is 14.7. The summed E-state index contributed by atoms with van der Waals surface area (Å²) < 4.78 is 47.5. The van der Waals surface area contributed by atoms with Gasteiger partial charge in [0.15, 0.2) is 0 Å². The molecular formula is C16H23Cl2N5O10P2. The summed E-state index contributed by atoms with van der Waals surface area (Å²) in [6.45, 7) is -0.184. The van der Waals surface area contributed by atoms with Crippen LogP contribution in [-0.4, -0.2) is 52.5 Å². The molecule has 196 valence electrons. The minimum absolute atomic E-state index is 0.0165. The van der Waals surface area contributed by atoms with Gasteiger partial charge in [0.05, 0.1) is 12.1 Å². The number of hydrogen-bond donors (Lipinski definition) is 2. The number of furan rings is 2. The predicted octanol–water partition coefficient (Wildman–Crippen LogP) is 3.88. The van der Waals surface area contributed by atoms with Crippen molar-refractivity contribution in [2.75, 3.05) is 37.9 Å². The van der Waals surface area contributed by atoms with Gasteiger partial charge < -0.3 is 13.4 Å². The van der Waals surface area contributed by atoms with E-state index in [1.54, 1.807) is 0 Å². The first-order chi connectivity index (χ1) is 16.7. The Hall–Kier alpha value is -1.80. The van der Waals surface area contributed by atoms with E-state index in [1.165, 1.54) is 16.8 Å². The van der Waals surface area contributed by atoms with Gasteiger partial charge in [-0.1, -0.05) is 0 Å². The molecule has 0 aliphatic heterocycles. The van der Waals surface area contributed by atoms with Gasteiger partial charge in [0.1, 0.15) is 34.6 Å². The number of halogens is 2. The van der Waals surface area contributed by atoms with Crippen LogP contribution in [0.2, 0.25) is 0 Å². The summed E-state index contributed by atoms with van der Waals surface area (Å²) in [6, 6.07) is 4.96. The molecule has 0 radical (unpaired) electrons. The summed E-state index contributed by atoms with van der Waals surface area (Å²) in [6.07, 6.45) is 0. The molecular weight excluding hydrogens is 555 g/mol. The molecule has 0 fully saturated rings. The van der Waals surface area contributed by atoms with Crippen LogP contribution in [-0.2, 0) is 31.4 Å². The normalized spacial score (nSPS) is 14.1. The average Bonchev–Trinajstić information content (AvgIpc) is 3.49. The zero-order valence-electron chi connectivity index (χ0n) is 18.1. The predicted molar refractivity (Wildman–Crippen MR) is 126 cm³/mol. The highest BCUT2D eigenvalue weighted by Gasteiger charge is 2.31. The number of nitrogens with zero attached hydrogens (tertiary/aromatic N) is 3. The maximum absolute atomic E-state index is 13.5. The molecule has 0 aliphatic carbocycles. The molecule has 0 saturated heterocycles. The molecule has 19 heteroatoms. The third kappa shape index (κ3) is 9.64. The van der Waals surface area contributed by atoms with Crippen LogP contribution in [0.1, 0.15) is 11.5 Å². The summed E-state index contributed by atoms with van der Waals surface area (Å²) in [5, 5.41) is 26.7. The molecule has 35 heavy (non-hydrogen) atoms. The maximum Gasteiger partial charge on any atom is 0.433 e. The van der Waals surface area contributed by atoms with Gasteiger partial charge in [-0.3, -0.25) is 33.9 Å². The molecule has 2 aromatic rings. The van der Waals surface area contributed by atoms with Crippen LogP contribution in [0.4, 0.5) is 11.8 Å². The summed E-state index contributed by atoms with van der Waals surface area (Å²) in [5.74, 6) is -0.470. The molecule has 2 aromatic heterocycles. The van der Waals surface area contributed by atoms with E-state index in [1.807, 2.05) is 0 Å². The number of alkyl halides is 2. The summed E-state index contributed by atoms with van der Waals surface area (Å²) in [5.41, 5.74) is 0. The van der Waals surface area contributed by atoms with E-state index in [2.05, 4.69) is 10.2 Å². The van der Waals surface area contributed by atoms with Crippen LogP contribution in [0.5, 0.6) is 0 Å². The molecule has 0 amide bonds. The van der Waals surface area contributed by atoms with Crippen molar-refractivity contribution in [2.24, 2.45) is 0 Å². The third-order valence-corrected chi connectivity index (χ3v) is 7.68. The average molecular weight is 578 g/mol. The van der Waals surface area contributed by atoms with Crippen molar-refractivity contribution in [1.82, 2.24) is 14.8 Å². The molecule has 2 N–H and O–H groups in total. The fourth-order valence-electron chi connectivity index (χ4n) is 2.58. The summed E-state index contributed by atoms with van der Waals surface area (Å²) >= 11 is 11.6. The van der Waals surface area contributed by atoms with E-state index >= 15 is 0 Å². The number of rotatable bonds is 18. The van der Waals surface area contributed by atoms with E-state index in [0.717, 1.165) is 12.1 Å². The highest BCUT2D eigenvalue weighted by molar-refractivity contribution is 7.54. The molecule has 0 bridgehead atoms. The molecule has 2 heterocycles. The first-order valence-corrected chi connectivity index (χ1v) is 13.9. The summed E-state index contributed by atoms with van der Waals surface area (Å²) in [7, 11) is -6.49. The van der Waals surface area contributed by atoms with Gasteiger partial charge in [-0.15, -0.1) is 23.2 Å². The fourth-order valence-corrected chi connectivity index (χ4v) is 5.81. The molecule has 2 unspecified atom stereocenters. The minimum Gasteiger partial charge on any atom is -0.403 e. The molecule has 0 aliphatic rings. The van der Waals surface area contributed by atoms with Gasteiger partial charge in [0.25, 0.3) is 8.18 Å². The highest BCUT2D eigenvalue weighted by Crippen LogP contribution is 2.47. The lowest BCUT2D eigenvalue weighted by Gasteiger charge is -2.30. The Morgan fingerprint density at radius 2 is 1.51 bits per heavy atom. The van der Waals surface area contributed by atoms with Crippen molar-refractivity contribution in [3.63, 3.8) is 0 Å². The Morgan fingerprint density at radius 1 is 0.971 bits per heavy atom. The first-order valence-electron chi connectivity index (χ1n) is 9.92. The van der Waals surface area contributed by atoms with Crippen LogP contribution in [0.15, 0.2) is 33.1 Å². The standard InChI is InChI=1S/C16H23Cl2N5O10P2/c17-5-9-21(10-6-18)35(29,31-12-14-2-4-16(33-14)23(26)27)20-8-7-19-34(28)30-11-13-1-3-15(32-13)22(24)25/h1-4,34H,5-12H2,(H,19,28)(H,20,29). The Bertz CT molecular complexity index is 1050. The van der Waals surface area contributed by atoms with Crippen LogP contribution < -0.4 is 10.2 Å². The van der Waals surface area contributed by atoms with Gasteiger partial charge >= 0.3 is 19.4 Å². The first kappa shape index (κ1) is 29.4. The van der Waals surface area contributed by atoms with E-state index in [9.17, 15) is 29.4 Å². The maximum atomic E-state index is 13.5. The zero-order valence-corrected chi connectivity index (χ0v) is 21.5. The molecule has 15 nitrogen and oxygen atoms in total. The second-order valence-electron chi connectivity index (χ2n) is 6.53. The molecule has 0 spiro atoms. The Labute approximate surface area is 209 Å². The lowest BCUT2D eigenvalue weighted by Crippen LogP contribution is -2.34. The van der Waals surface area contributed by atoms with Gasteiger partial charge in [-0.2, -0.15) is 0 Å². The number of nitro groups is 2. The van der Waals surface area contributed by atoms with Crippen LogP contribution in [0.25, 0.3) is 0 Å². The lowest BCUT2D eigenvalue weighted by atomic mass is 10.5. The monoisotopic (exact) mass is 577 g/mol. The van der Waals surface area contributed by atoms with Crippen molar-refractivity contribution >= 4 is 50.8 Å². The quantitative estimate of drug-likeness (QED) is 0.0852. The van der Waals surface area contributed by atoms with Crippen molar-refractivity contribution in [2.45, 2.75) is 13.2 Å². The van der Waals surface area contributed by atoms with Crippen LogP contribution in [0.3, 0.4) is 0 Å². The van der Waals surface area contributed by atoms with Crippen molar-refractivity contribution < 1.29 is 36.9 Å². The topological polar surface area (TPSA) is 192 Å². The third-order valence-electron chi connectivity index (χ3n) is 4.15. The fraction of sp³-hybridized carbons (Fsp3) is 0.500. The van der Waals surface area contributed by atoms with E-state index < -0.39 is 37.5 Å².